The lowest BCUT2D eigenvalue weighted by molar-refractivity contribution is 0.414. The maximum absolute atomic E-state index is 5.83. The molecule has 2 atom stereocenters. The third-order valence-electron chi connectivity index (χ3n) is 5.66. The van der Waals surface area contributed by atoms with Gasteiger partial charge >= 0.3 is 0 Å². The van der Waals surface area contributed by atoms with Crippen LogP contribution in [-0.2, 0) is 0 Å². The lowest BCUT2D eigenvalue weighted by Gasteiger charge is -2.29. The quantitative estimate of drug-likeness (QED) is 0.451. The van der Waals surface area contributed by atoms with Crippen LogP contribution in [0.1, 0.15) is 29.0 Å². The van der Waals surface area contributed by atoms with Crippen LogP contribution >= 0.6 is 12.2 Å². The summed E-state index contributed by atoms with van der Waals surface area (Å²) >= 11 is 5.83. The van der Waals surface area contributed by atoms with E-state index in [1.165, 1.54) is 0 Å². The van der Waals surface area contributed by atoms with E-state index < -0.39 is 0 Å². The van der Waals surface area contributed by atoms with Crippen LogP contribution < -0.4 is 15.0 Å². The van der Waals surface area contributed by atoms with Crippen molar-refractivity contribution in [1.82, 2.24) is 19.9 Å². The third kappa shape index (κ3) is 3.61. The third-order valence-corrected chi connectivity index (χ3v) is 5.97. The zero-order valence-electron chi connectivity index (χ0n) is 17.8. The van der Waals surface area contributed by atoms with Crippen LogP contribution in [0, 0.1) is 6.92 Å². The van der Waals surface area contributed by atoms with Gasteiger partial charge in [-0.3, -0.25) is 4.98 Å². The number of nitrogens with one attached hydrogen (secondary N) is 1. The van der Waals surface area contributed by atoms with Crippen molar-refractivity contribution in [2.45, 2.75) is 19.0 Å². The number of methoxy groups -OCH3 is 1. The number of aromatic nitrogens is 3. The predicted molar refractivity (Wildman–Crippen MR) is 129 cm³/mol. The number of hydrogen-bond acceptors (Lipinski definition) is 4. The molecule has 1 fully saturated rings. The molecule has 1 N–H and O–H groups in total. The molecule has 1 aliphatic heterocycles. The Bertz CT molecular complexity index is 1240. The van der Waals surface area contributed by atoms with Crippen LogP contribution in [-0.4, -0.2) is 26.8 Å². The molecule has 0 radical (unpaired) electrons. The second-order valence-corrected chi connectivity index (χ2v) is 8.08. The molecule has 7 heteroatoms. The van der Waals surface area contributed by atoms with Gasteiger partial charge in [-0.15, -0.1) is 0 Å². The molecular formula is C25H23N5OS. The van der Waals surface area contributed by atoms with Crippen molar-refractivity contribution >= 4 is 23.0 Å². The zero-order chi connectivity index (χ0) is 22.1. The number of nitrogens with zero attached hydrogens (tertiary/aromatic N) is 4. The molecule has 32 heavy (non-hydrogen) atoms. The lowest BCUT2D eigenvalue weighted by Crippen LogP contribution is -2.30. The predicted octanol–water partition coefficient (Wildman–Crippen LogP) is 4.76. The van der Waals surface area contributed by atoms with Crippen LogP contribution in [0.2, 0.25) is 0 Å². The molecule has 0 aliphatic carbocycles. The fourth-order valence-electron chi connectivity index (χ4n) is 4.14. The molecular weight excluding hydrogens is 418 g/mol. The van der Waals surface area contributed by atoms with E-state index in [0.29, 0.717) is 5.11 Å². The average Bonchev–Trinajstić information content (AvgIpc) is 3.44. The summed E-state index contributed by atoms with van der Waals surface area (Å²) in [5, 5.41) is 4.14. The molecule has 0 amide bonds. The van der Waals surface area contributed by atoms with Gasteiger partial charge in [0.15, 0.2) is 5.11 Å². The Labute approximate surface area is 192 Å². The van der Waals surface area contributed by atoms with Crippen molar-refractivity contribution in [1.29, 1.82) is 0 Å². The lowest BCUT2D eigenvalue weighted by atomic mass is 10.0. The summed E-state index contributed by atoms with van der Waals surface area (Å²) in [7, 11) is 1.67. The van der Waals surface area contributed by atoms with E-state index in [-0.39, 0.29) is 12.1 Å². The van der Waals surface area contributed by atoms with Gasteiger partial charge in [0.2, 0.25) is 0 Å². The number of pyridine rings is 2. The first kappa shape index (κ1) is 20.2. The highest BCUT2D eigenvalue weighted by Gasteiger charge is 2.42. The summed E-state index contributed by atoms with van der Waals surface area (Å²) in [6.07, 6.45) is 5.73. The van der Waals surface area contributed by atoms with E-state index >= 15 is 0 Å². The van der Waals surface area contributed by atoms with Crippen molar-refractivity contribution in [2.75, 3.05) is 12.0 Å². The first-order valence-electron chi connectivity index (χ1n) is 10.4. The minimum Gasteiger partial charge on any atom is -0.497 e. The van der Waals surface area contributed by atoms with E-state index in [9.17, 15) is 0 Å². The summed E-state index contributed by atoms with van der Waals surface area (Å²) in [6.45, 7) is 2.04. The summed E-state index contributed by atoms with van der Waals surface area (Å²) in [5.41, 5.74) is 4.06. The number of hydrogen-bond donors (Lipinski definition) is 1. The van der Waals surface area contributed by atoms with Crippen molar-refractivity contribution in [2.24, 2.45) is 0 Å². The Morgan fingerprint density at radius 3 is 2.66 bits per heavy atom. The minimum atomic E-state index is -0.136. The maximum Gasteiger partial charge on any atom is 0.174 e. The maximum atomic E-state index is 5.83. The number of aryl methyl sites for hydroxylation is 1. The summed E-state index contributed by atoms with van der Waals surface area (Å²) in [6, 6.07) is 21.9. The van der Waals surface area contributed by atoms with Gasteiger partial charge in [0, 0.05) is 36.0 Å². The van der Waals surface area contributed by atoms with Crippen molar-refractivity contribution in [3.8, 4) is 11.6 Å². The Hall–Kier alpha value is -3.71. The molecule has 0 saturated carbocycles. The number of benzene rings is 1. The first-order valence-corrected chi connectivity index (χ1v) is 10.8. The molecule has 4 aromatic rings. The standard InChI is InChI=1S/C25H23N5OS/c1-17-11-12-22(27-16-17)29-14-6-10-21(29)24-23(20-9-3-4-13-26-20)28-25(32)30(24)18-7-5-8-19(15-18)31-2/h3-16,23-24H,1-2H3,(H,28,32)/t23-,24-/m1/s1. The fraction of sp³-hybridized carbons (Fsp3) is 0.160. The smallest absolute Gasteiger partial charge is 0.174 e. The largest absolute Gasteiger partial charge is 0.497 e. The van der Waals surface area contributed by atoms with E-state index in [0.717, 1.165) is 34.2 Å². The van der Waals surface area contributed by atoms with Gasteiger partial charge in [-0.05, 0) is 67.2 Å². The van der Waals surface area contributed by atoms with E-state index in [1.807, 2.05) is 80.1 Å². The zero-order valence-corrected chi connectivity index (χ0v) is 18.7. The molecule has 1 aliphatic rings. The van der Waals surface area contributed by atoms with Crippen molar-refractivity contribution in [3.05, 3.63) is 102 Å². The highest BCUT2D eigenvalue weighted by atomic mass is 32.1. The SMILES string of the molecule is COc1cccc(N2C(=S)N[C@H](c3ccccn3)[C@H]2c2cccn2-c2ccc(C)cn2)c1. The topological polar surface area (TPSA) is 55.2 Å². The second-order valence-electron chi connectivity index (χ2n) is 7.69. The van der Waals surface area contributed by atoms with Gasteiger partial charge in [0.1, 0.15) is 17.6 Å². The monoisotopic (exact) mass is 441 g/mol. The molecule has 160 valence electrons. The van der Waals surface area contributed by atoms with Crippen molar-refractivity contribution in [3.63, 3.8) is 0 Å². The number of thiocarbonyl (C=S) groups is 1. The molecule has 4 heterocycles. The van der Waals surface area contributed by atoms with Gasteiger partial charge in [0.25, 0.3) is 0 Å². The van der Waals surface area contributed by atoms with Crippen LogP contribution in [0.25, 0.3) is 5.82 Å². The molecule has 6 nitrogen and oxygen atoms in total. The van der Waals surface area contributed by atoms with Crippen LogP contribution in [0.5, 0.6) is 5.75 Å². The number of anilines is 1. The van der Waals surface area contributed by atoms with E-state index in [4.69, 9.17) is 17.0 Å². The first-order chi connectivity index (χ1) is 15.7. The summed E-state index contributed by atoms with van der Waals surface area (Å²) in [4.78, 5) is 11.4. The molecule has 0 spiro atoms. The Morgan fingerprint density at radius 1 is 1.00 bits per heavy atom. The molecule has 3 aromatic heterocycles. The highest BCUT2D eigenvalue weighted by Crippen LogP contribution is 2.42. The van der Waals surface area contributed by atoms with E-state index in [1.54, 1.807) is 7.11 Å². The van der Waals surface area contributed by atoms with Gasteiger partial charge in [-0.2, -0.15) is 0 Å². The number of rotatable bonds is 5. The van der Waals surface area contributed by atoms with Gasteiger partial charge in [-0.25, -0.2) is 4.98 Å². The van der Waals surface area contributed by atoms with Crippen LogP contribution in [0.15, 0.2) is 85.3 Å². The number of ether oxygens (including phenoxy) is 1. The van der Waals surface area contributed by atoms with E-state index in [2.05, 4.69) is 36.9 Å². The van der Waals surface area contributed by atoms with Gasteiger partial charge in [0.05, 0.1) is 18.8 Å². The fourth-order valence-corrected chi connectivity index (χ4v) is 4.49. The average molecular weight is 442 g/mol. The normalized spacial score (nSPS) is 17.9. The Morgan fingerprint density at radius 2 is 1.91 bits per heavy atom. The van der Waals surface area contributed by atoms with Gasteiger partial charge in [-0.1, -0.05) is 18.2 Å². The highest BCUT2D eigenvalue weighted by molar-refractivity contribution is 7.80. The molecule has 5 rings (SSSR count). The molecule has 1 saturated heterocycles. The van der Waals surface area contributed by atoms with Crippen LogP contribution in [0.3, 0.4) is 0 Å². The summed E-state index contributed by atoms with van der Waals surface area (Å²) < 4.78 is 7.59. The van der Waals surface area contributed by atoms with Crippen molar-refractivity contribution < 1.29 is 4.74 Å². The molecule has 0 unspecified atom stereocenters. The summed E-state index contributed by atoms with van der Waals surface area (Å²) in [5.74, 6) is 1.64. The Kier molecular flexibility index (Phi) is 5.33. The second kappa shape index (κ2) is 8.43. The molecule has 1 aromatic carbocycles. The van der Waals surface area contributed by atoms with Crippen LogP contribution in [0.4, 0.5) is 5.69 Å². The Balaban J connectivity index is 1.66. The van der Waals surface area contributed by atoms with Gasteiger partial charge < -0.3 is 19.5 Å². The molecule has 0 bridgehead atoms. The minimum absolute atomic E-state index is 0.131.